The summed E-state index contributed by atoms with van der Waals surface area (Å²) in [4.78, 5) is 0. The van der Waals surface area contributed by atoms with Crippen molar-refractivity contribution < 1.29 is 0 Å². The Morgan fingerprint density at radius 2 is 1.74 bits per heavy atom. The van der Waals surface area contributed by atoms with Crippen molar-refractivity contribution >= 4 is 0 Å². The first-order chi connectivity index (χ1) is 9.36. The summed E-state index contributed by atoms with van der Waals surface area (Å²) in [5, 5.41) is 4.65. The maximum Gasteiger partial charge on any atom is 0.0764 e. The zero-order valence-corrected chi connectivity index (χ0v) is 11.2. The zero-order valence-electron chi connectivity index (χ0n) is 11.2. The van der Waals surface area contributed by atoms with Gasteiger partial charge in [-0.15, -0.1) is 0 Å². The summed E-state index contributed by atoms with van der Waals surface area (Å²) in [5.41, 5.74) is 14.2. The SMILES string of the molecule is NCc1ccn(-c2c3c(cc4c2CCC4)CCC3)n1. The third kappa shape index (κ3) is 1.65. The van der Waals surface area contributed by atoms with Crippen LogP contribution in [-0.2, 0) is 32.2 Å². The van der Waals surface area contributed by atoms with E-state index in [0.29, 0.717) is 6.54 Å². The zero-order chi connectivity index (χ0) is 12.8. The van der Waals surface area contributed by atoms with Gasteiger partial charge in [-0.05, 0) is 66.8 Å². The van der Waals surface area contributed by atoms with Crippen molar-refractivity contribution in [2.24, 2.45) is 5.73 Å². The largest absolute Gasteiger partial charge is 0.325 e. The lowest BCUT2D eigenvalue weighted by atomic mass is 9.99. The predicted molar refractivity (Wildman–Crippen MR) is 75.5 cm³/mol. The molecule has 3 heteroatoms. The van der Waals surface area contributed by atoms with Gasteiger partial charge in [0.25, 0.3) is 0 Å². The first kappa shape index (κ1) is 11.2. The van der Waals surface area contributed by atoms with Crippen molar-refractivity contribution in [2.45, 2.75) is 45.1 Å². The molecule has 0 spiro atoms. The van der Waals surface area contributed by atoms with E-state index >= 15 is 0 Å². The monoisotopic (exact) mass is 253 g/mol. The van der Waals surface area contributed by atoms with Gasteiger partial charge in [0.05, 0.1) is 11.4 Å². The standard InChI is InChI=1S/C16H19N3/c17-10-13-7-8-19(18-13)16-14-5-1-3-11(14)9-12-4-2-6-15(12)16/h7-9H,1-6,10,17H2. The third-order valence-corrected chi connectivity index (χ3v) is 4.52. The van der Waals surface area contributed by atoms with E-state index in [4.69, 9.17) is 5.73 Å². The summed E-state index contributed by atoms with van der Waals surface area (Å²) in [7, 11) is 0. The summed E-state index contributed by atoms with van der Waals surface area (Å²) in [6, 6.07) is 4.50. The van der Waals surface area contributed by atoms with Crippen LogP contribution in [0.25, 0.3) is 5.69 Å². The number of nitrogens with zero attached hydrogens (tertiary/aromatic N) is 2. The van der Waals surface area contributed by atoms with Gasteiger partial charge in [-0.3, -0.25) is 0 Å². The van der Waals surface area contributed by atoms with Crippen LogP contribution >= 0.6 is 0 Å². The summed E-state index contributed by atoms with van der Waals surface area (Å²) >= 11 is 0. The molecule has 98 valence electrons. The van der Waals surface area contributed by atoms with Gasteiger partial charge in [0.15, 0.2) is 0 Å². The van der Waals surface area contributed by atoms with Gasteiger partial charge in [-0.1, -0.05) is 6.07 Å². The number of hydrogen-bond donors (Lipinski definition) is 1. The van der Waals surface area contributed by atoms with Crippen molar-refractivity contribution in [3.63, 3.8) is 0 Å². The number of fused-ring (bicyclic) bond motifs is 2. The predicted octanol–water partition coefficient (Wildman–Crippen LogP) is 2.31. The Hall–Kier alpha value is -1.61. The lowest BCUT2D eigenvalue weighted by Gasteiger charge is -2.15. The van der Waals surface area contributed by atoms with Gasteiger partial charge >= 0.3 is 0 Å². The molecule has 0 radical (unpaired) electrons. The Labute approximate surface area is 113 Å². The second-order valence-electron chi connectivity index (χ2n) is 5.66. The molecule has 0 amide bonds. The van der Waals surface area contributed by atoms with Gasteiger partial charge in [-0.25, -0.2) is 4.68 Å². The van der Waals surface area contributed by atoms with Crippen LogP contribution in [0.4, 0.5) is 0 Å². The highest BCUT2D eigenvalue weighted by Gasteiger charge is 2.25. The van der Waals surface area contributed by atoms with Gasteiger partial charge in [0, 0.05) is 12.7 Å². The van der Waals surface area contributed by atoms with E-state index in [2.05, 4.69) is 22.0 Å². The van der Waals surface area contributed by atoms with Crippen LogP contribution < -0.4 is 5.73 Å². The highest BCUT2D eigenvalue weighted by atomic mass is 15.3. The lowest BCUT2D eigenvalue weighted by Crippen LogP contribution is -2.07. The Bertz CT molecular complexity index is 607. The molecule has 1 heterocycles. The second-order valence-corrected chi connectivity index (χ2v) is 5.66. The molecule has 0 aliphatic heterocycles. The van der Waals surface area contributed by atoms with Crippen molar-refractivity contribution in [1.29, 1.82) is 0 Å². The molecule has 0 saturated carbocycles. The number of hydrogen-bond acceptors (Lipinski definition) is 2. The number of aromatic nitrogens is 2. The summed E-state index contributed by atoms with van der Waals surface area (Å²) in [6.07, 6.45) is 9.54. The molecule has 0 saturated heterocycles. The van der Waals surface area contributed by atoms with Crippen LogP contribution in [0, 0.1) is 0 Å². The smallest absolute Gasteiger partial charge is 0.0764 e. The molecule has 1 aromatic heterocycles. The van der Waals surface area contributed by atoms with Crippen LogP contribution in [0.3, 0.4) is 0 Å². The van der Waals surface area contributed by atoms with E-state index in [0.717, 1.165) is 5.69 Å². The van der Waals surface area contributed by atoms with E-state index < -0.39 is 0 Å². The molecule has 0 atom stereocenters. The molecule has 2 aromatic rings. The quantitative estimate of drug-likeness (QED) is 0.892. The maximum absolute atomic E-state index is 5.69. The molecule has 2 N–H and O–H groups in total. The van der Waals surface area contributed by atoms with Crippen LogP contribution in [0.5, 0.6) is 0 Å². The fourth-order valence-electron chi connectivity index (χ4n) is 3.66. The highest BCUT2D eigenvalue weighted by Crippen LogP contribution is 2.37. The summed E-state index contributed by atoms with van der Waals surface area (Å²) in [6.45, 7) is 0.518. The number of rotatable bonds is 2. The molecule has 0 fully saturated rings. The van der Waals surface area contributed by atoms with Crippen LogP contribution in [0.15, 0.2) is 18.3 Å². The van der Waals surface area contributed by atoms with Gasteiger partial charge in [0.2, 0.25) is 0 Å². The fourth-order valence-corrected chi connectivity index (χ4v) is 3.66. The van der Waals surface area contributed by atoms with Crippen molar-refractivity contribution in [3.8, 4) is 5.69 Å². The van der Waals surface area contributed by atoms with E-state index in [1.54, 1.807) is 11.1 Å². The molecule has 2 aliphatic rings. The second kappa shape index (κ2) is 4.20. The average molecular weight is 253 g/mol. The third-order valence-electron chi connectivity index (χ3n) is 4.52. The van der Waals surface area contributed by atoms with Gasteiger partial charge in [0.1, 0.15) is 0 Å². The van der Waals surface area contributed by atoms with Crippen LogP contribution in [0.1, 0.15) is 40.8 Å². The van der Waals surface area contributed by atoms with E-state index in [9.17, 15) is 0 Å². The molecule has 19 heavy (non-hydrogen) atoms. The lowest BCUT2D eigenvalue weighted by molar-refractivity contribution is 0.807. The average Bonchev–Trinajstić information content (AvgIpc) is 3.15. The minimum Gasteiger partial charge on any atom is -0.325 e. The van der Waals surface area contributed by atoms with Crippen molar-refractivity contribution in [1.82, 2.24) is 9.78 Å². The first-order valence-corrected chi connectivity index (χ1v) is 7.28. The molecular formula is C16H19N3. The van der Waals surface area contributed by atoms with Crippen molar-refractivity contribution in [3.05, 3.63) is 46.3 Å². The minimum atomic E-state index is 0.518. The normalized spacial score (nSPS) is 16.7. The molecular weight excluding hydrogens is 234 g/mol. The van der Waals surface area contributed by atoms with Gasteiger partial charge < -0.3 is 5.73 Å². The molecule has 2 aliphatic carbocycles. The first-order valence-electron chi connectivity index (χ1n) is 7.28. The van der Waals surface area contributed by atoms with Crippen LogP contribution in [0.2, 0.25) is 0 Å². The summed E-state index contributed by atoms with van der Waals surface area (Å²) < 4.78 is 2.08. The molecule has 0 unspecified atom stereocenters. The van der Waals surface area contributed by atoms with Crippen molar-refractivity contribution in [2.75, 3.05) is 0 Å². The molecule has 0 bridgehead atoms. The molecule has 3 nitrogen and oxygen atoms in total. The van der Waals surface area contributed by atoms with E-state index in [1.807, 2.05) is 6.07 Å². The molecule has 4 rings (SSSR count). The number of nitrogens with two attached hydrogens (primary N) is 1. The van der Waals surface area contributed by atoms with E-state index in [-0.39, 0.29) is 0 Å². The van der Waals surface area contributed by atoms with Gasteiger partial charge in [-0.2, -0.15) is 5.10 Å². The Kier molecular flexibility index (Phi) is 2.49. The Balaban J connectivity index is 1.95. The van der Waals surface area contributed by atoms with Crippen LogP contribution in [-0.4, -0.2) is 9.78 Å². The minimum absolute atomic E-state index is 0.518. The highest BCUT2D eigenvalue weighted by molar-refractivity contribution is 5.58. The number of aryl methyl sites for hydroxylation is 2. The number of benzene rings is 1. The topological polar surface area (TPSA) is 43.8 Å². The van der Waals surface area contributed by atoms with E-state index in [1.165, 1.54) is 55.3 Å². The Morgan fingerprint density at radius 3 is 2.32 bits per heavy atom. The maximum atomic E-state index is 5.69. The Morgan fingerprint density at radius 1 is 1.05 bits per heavy atom. The summed E-state index contributed by atoms with van der Waals surface area (Å²) in [5.74, 6) is 0. The fraction of sp³-hybridized carbons (Fsp3) is 0.438. The molecule has 1 aromatic carbocycles.